The fraction of sp³-hybridized carbons (Fsp3) is 0.324. The molecule has 2 aliphatic rings. The molecular weight excluding hydrogens is 600 g/mol. The van der Waals surface area contributed by atoms with E-state index in [2.05, 4.69) is 4.90 Å². The highest BCUT2D eigenvalue weighted by molar-refractivity contribution is 7.89. The van der Waals surface area contributed by atoms with Crippen LogP contribution in [0.3, 0.4) is 0 Å². The average Bonchev–Trinajstić information content (AvgIpc) is 3.55. The van der Waals surface area contributed by atoms with Crippen molar-refractivity contribution in [1.82, 2.24) is 4.31 Å². The Balaban J connectivity index is 1.58. The number of ether oxygens (including phenoxy) is 1. The number of benzene rings is 3. The van der Waals surface area contributed by atoms with Gasteiger partial charge in [0, 0.05) is 42.5 Å². The van der Waals surface area contributed by atoms with E-state index in [1.807, 2.05) is 54.1 Å². The van der Waals surface area contributed by atoms with E-state index in [1.54, 1.807) is 30.5 Å². The lowest BCUT2D eigenvalue weighted by Gasteiger charge is -2.36. The molecule has 1 aliphatic heterocycles. The Hall–Kier alpha value is -3.73. The molecular formula is C34H35FN2O5S2. The summed E-state index contributed by atoms with van der Waals surface area (Å²) in [5, 5.41) is 13.6. The van der Waals surface area contributed by atoms with Crippen molar-refractivity contribution in [2.75, 3.05) is 18.5 Å². The lowest BCUT2D eigenvalue weighted by Crippen LogP contribution is -2.46. The molecule has 1 N–H and O–H groups in total. The van der Waals surface area contributed by atoms with Crippen LogP contribution < -0.4 is 9.64 Å². The van der Waals surface area contributed by atoms with Gasteiger partial charge in [0.1, 0.15) is 22.6 Å². The van der Waals surface area contributed by atoms with Gasteiger partial charge in [-0.05, 0) is 78.4 Å². The molecule has 3 aromatic carbocycles. The van der Waals surface area contributed by atoms with Gasteiger partial charge in [-0.15, -0.1) is 0 Å². The molecule has 2 heterocycles. The molecule has 6 rings (SSSR count). The highest BCUT2D eigenvalue weighted by Crippen LogP contribution is 2.46. The smallest absolute Gasteiger partial charge is 0.338 e. The third-order valence-electron chi connectivity index (χ3n) is 8.93. The molecule has 230 valence electrons. The molecule has 1 unspecified atom stereocenters. The number of anilines is 2. The third-order valence-corrected chi connectivity index (χ3v) is 11.5. The van der Waals surface area contributed by atoms with Crippen LogP contribution in [0.5, 0.6) is 5.75 Å². The maximum Gasteiger partial charge on any atom is 0.338 e. The maximum absolute atomic E-state index is 14.5. The lowest BCUT2D eigenvalue weighted by molar-refractivity contribution is 0.0692. The Morgan fingerprint density at radius 1 is 1.05 bits per heavy atom. The van der Waals surface area contributed by atoms with Crippen molar-refractivity contribution in [3.63, 3.8) is 0 Å². The Kier molecular flexibility index (Phi) is 8.50. The SMILES string of the molecule is CC(Oc1cc2c(cc1-c1ccc(F)c(C(=O)O)c1)S(=O)(=O)N(C)[C@H](C1CCCCC1)CN2c1ccccc1)c1ccsc1. The molecule has 1 aliphatic carbocycles. The summed E-state index contributed by atoms with van der Waals surface area (Å²) in [5.74, 6) is -1.69. The number of para-hydroxylation sites is 1. The number of hydrogen-bond acceptors (Lipinski definition) is 6. The summed E-state index contributed by atoms with van der Waals surface area (Å²) >= 11 is 1.54. The zero-order valence-corrected chi connectivity index (χ0v) is 26.3. The second-order valence-corrected chi connectivity index (χ2v) is 14.3. The summed E-state index contributed by atoms with van der Waals surface area (Å²) < 4.78 is 51.5. The van der Waals surface area contributed by atoms with Crippen LogP contribution in [0.1, 0.15) is 61.1 Å². The van der Waals surface area contributed by atoms with Crippen molar-refractivity contribution in [3.05, 3.63) is 94.4 Å². The molecule has 4 aromatic rings. The Bertz CT molecular complexity index is 1760. The van der Waals surface area contributed by atoms with Gasteiger partial charge in [-0.2, -0.15) is 15.6 Å². The van der Waals surface area contributed by atoms with Gasteiger partial charge in [0.25, 0.3) is 0 Å². The van der Waals surface area contributed by atoms with Crippen LogP contribution in [0, 0.1) is 11.7 Å². The summed E-state index contributed by atoms with van der Waals surface area (Å²) in [4.78, 5) is 14.0. The first-order valence-electron chi connectivity index (χ1n) is 14.9. The quantitative estimate of drug-likeness (QED) is 0.221. The van der Waals surface area contributed by atoms with E-state index in [0.717, 1.165) is 49.4 Å². The largest absolute Gasteiger partial charge is 0.485 e. The minimum absolute atomic E-state index is 0.0916. The van der Waals surface area contributed by atoms with Crippen molar-refractivity contribution >= 4 is 38.7 Å². The van der Waals surface area contributed by atoms with Crippen molar-refractivity contribution in [1.29, 1.82) is 0 Å². The van der Waals surface area contributed by atoms with E-state index in [9.17, 15) is 22.7 Å². The lowest BCUT2D eigenvalue weighted by atomic mass is 9.83. The number of likely N-dealkylation sites (N-methyl/N-ethyl adjacent to an activating group) is 1. The molecule has 0 spiro atoms. The molecule has 1 saturated carbocycles. The molecule has 0 amide bonds. The van der Waals surface area contributed by atoms with Crippen LogP contribution in [0.4, 0.5) is 15.8 Å². The number of nitrogens with zero attached hydrogens (tertiary/aromatic N) is 2. The van der Waals surface area contributed by atoms with Crippen LogP contribution in [-0.2, 0) is 10.0 Å². The number of sulfonamides is 1. The van der Waals surface area contributed by atoms with Crippen LogP contribution in [0.15, 0.2) is 82.4 Å². The number of halogens is 1. The second-order valence-electron chi connectivity index (χ2n) is 11.6. The summed E-state index contributed by atoms with van der Waals surface area (Å²) in [6, 6.07) is 18.5. The van der Waals surface area contributed by atoms with Gasteiger partial charge in [-0.3, -0.25) is 0 Å². The predicted octanol–water partition coefficient (Wildman–Crippen LogP) is 8.11. The highest BCUT2D eigenvalue weighted by atomic mass is 32.2. The van der Waals surface area contributed by atoms with Gasteiger partial charge < -0.3 is 14.7 Å². The summed E-state index contributed by atoms with van der Waals surface area (Å²) in [7, 11) is -2.34. The van der Waals surface area contributed by atoms with Crippen LogP contribution >= 0.6 is 11.3 Å². The minimum atomic E-state index is -4.00. The molecule has 7 nitrogen and oxygen atoms in total. The number of aromatic carboxylic acids is 1. The van der Waals surface area contributed by atoms with E-state index >= 15 is 0 Å². The fourth-order valence-electron chi connectivity index (χ4n) is 6.46. The van der Waals surface area contributed by atoms with E-state index in [1.165, 1.54) is 16.4 Å². The first-order chi connectivity index (χ1) is 21.1. The molecule has 0 radical (unpaired) electrons. The molecule has 2 atom stereocenters. The second kappa shape index (κ2) is 12.3. The third kappa shape index (κ3) is 5.74. The molecule has 1 fully saturated rings. The summed E-state index contributed by atoms with van der Waals surface area (Å²) in [6.45, 7) is 2.37. The minimum Gasteiger partial charge on any atom is -0.485 e. The Morgan fingerprint density at radius 3 is 2.48 bits per heavy atom. The van der Waals surface area contributed by atoms with Crippen LogP contribution in [-0.4, -0.2) is 43.4 Å². The normalized spacial score (nSPS) is 19.6. The standard InChI is InChI=1S/C34H35FN2O5S2/c1-22(25-15-16-43-21-25)42-32-19-30-33(18-27(32)24-13-14-29(35)28(17-24)34(38)39)44(40,41)36(2)31(23-9-5-3-6-10-23)20-37(30)26-11-7-4-8-12-26/h4,7-8,11-19,21-23,31H,3,5-6,9-10,20H2,1-2H3,(H,38,39)/t22?,31-/m0/s1. The number of carboxylic acids is 1. The van der Waals surface area contributed by atoms with Gasteiger partial charge in [-0.25, -0.2) is 17.6 Å². The molecule has 1 aromatic heterocycles. The first kappa shape index (κ1) is 30.3. The van der Waals surface area contributed by atoms with Gasteiger partial charge in [0.05, 0.1) is 11.3 Å². The maximum atomic E-state index is 14.5. The molecule has 0 saturated heterocycles. The van der Waals surface area contributed by atoms with E-state index in [-0.39, 0.29) is 23.0 Å². The molecule has 10 heteroatoms. The van der Waals surface area contributed by atoms with Crippen molar-refractivity contribution in [3.8, 4) is 16.9 Å². The van der Waals surface area contributed by atoms with Gasteiger partial charge in [0.2, 0.25) is 10.0 Å². The number of carboxylic acid groups (broad SMARTS) is 1. The molecule has 44 heavy (non-hydrogen) atoms. The Morgan fingerprint density at radius 2 is 1.80 bits per heavy atom. The van der Waals surface area contributed by atoms with Crippen molar-refractivity contribution < 1.29 is 27.4 Å². The Labute approximate surface area is 261 Å². The highest BCUT2D eigenvalue weighted by Gasteiger charge is 2.41. The van der Waals surface area contributed by atoms with Crippen molar-refractivity contribution in [2.24, 2.45) is 5.92 Å². The number of hydrogen-bond donors (Lipinski definition) is 1. The number of carbonyl (C=O) groups is 1. The summed E-state index contributed by atoms with van der Waals surface area (Å²) in [5.41, 5.74) is 2.51. The molecule has 0 bridgehead atoms. The number of thiophene rings is 1. The zero-order chi connectivity index (χ0) is 31.0. The van der Waals surface area contributed by atoms with Crippen molar-refractivity contribution in [2.45, 2.75) is 56.1 Å². The van der Waals surface area contributed by atoms with E-state index in [0.29, 0.717) is 29.1 Å². The predicted molar refractivity (Wildman–Crippen MR) is 171 cm³/mol. The average molecular weight is 635 g/mol. The monoisotopic (exact) mass is 634 g/mol. The number of fused-ring (bicyclic) bond motifs is 1. The number of rotatable bonds is 7. The van der Waals surface area contributed by atoms with Gasteiger partial charge in [-0.1, -0.05) is 43.5 Å². The zero-order valence-electron chi connectivity index (χ0n) is 24.6. The summed E-state index contributed by atoms with van der Waals surface area (Å²) in [6.07, 6.45) is 4.86. The first-order valence-corrected chi connectivity index (χ1v) is 17.2. The van der Waals surface area contributed by atoms with Gasteiger partial charge >= 0.3 is 5.97 Å². The van der Waals surface area contributed by atoms with Gasteiger partial charge in [0.15, 0.2) is 0 Å². The van der Waals surface area contributed by atoms with Crippen LogP contribution in [0.2, 0.25) is 0 Å². The topological polar surface area (TPSA) is 87.1 Å². The fourth-order valence-corrected chi connectivity index (χ4v) is 8.81. The van der Waals surface area contributed by atoms with Crippen LogP contribution in [0.25, 0.3) is 11.1 Å². The van der Waals surface area contributed by atoms with E-state index < -0.39 is 27.4 Å². The van der Waals surface area contributed by atoms with E-state index in [4.69, 9.17) is 4.74 Å².